The van der Waals surface area contributed by atoms with Gasteiger partial charge in [0.2, 0.25) is 0 Å². The maximum absolute atomic E-state index is 11.7. The van der Waals surface area contributed by atoms with Crippen molar-refractivity contribution in [2.75, 3.05) is 5.32 Å². The molecule has 1 aromatic carbocycles. The van der Waals surface area contributed by atoms with E-state index in [2.05, 4.69) is 10.4 Å². The smallest absolute Gasteiger partial charge is 0.306 e. The molecule has 1 aromatic rings. The molecule has 2 amide bonds. The quantitative estimate of drug-likeness (QED) is 0.749. The molecule has 0 aliphatic carbocycles. The first-order valence-corrected chi connectivity index (χ1v) is 5.39. The van der Waals surface area contributed by atoms with Crippen molar-refractivity contribution in [2.24, 2.45) is 5.10 Å². The van der Waals surface area contributed by atoms with Crippen LogP contribution in [0, 0.1) is 0 Å². The molecule has 0 bridgehead atoms. The fourth-order valence-electron chi connectivity index (χ4n) is 1.75. The van der Waals surface area contributed by atoms with E-state index in [4.69, 9.17) is 11.6 Å². The summed E-state index contributed by atoms with van der Waals surface area (Å²) in [6.45, 7) is 3.69. The molecule has 2 rings (SSSR count). The van der Waals surface area contributed by atoms with Crippen LogP contribution in [0.3, 0.4) is 0 Å². The van der Waals surface area contributed by atoms with Crippen molar-refractivity contribution in [1.82, 2.24) is 5.01 Å². The van der Waals surface area contributed by atoms with Crippen molar-refractivity contribution >= 4 is 29.5 Å². The molecule has 0 aromatic heterocycles. The first-order valence-electron chi connectivity index (χ1n) is 5.01. The number of halogens is 1. The number of anilines is 1. The van der Waals surface area contributed by atoms with Crippen molar-refractivity contribution in [1.29, 1.82) is 0 Å². The van der Waals surface area contributed by atoms with Crippen LogP contribution < -0.4 is 5.32 Å². The monoisotopic (exact) mass is 237 g/mol. The van der Waals surface area contributed by atoms with Gasteiger partial charge in [0, 0.05) is 22.5 Å². The fourth-order valence-corrected chi connectivity index (χ4v) is 1.93. The summed E-state index contributed by atoms with van der Waals surface area (Å²) in [4.78, 5) is 11.7. The lowest BCUT2D eigenvalue weighted by Crippen LogP contribution is -2.37. The number of hydrogen-bond donors (Lipinski definition) is 1. The molecule has 84 valence electrons. The summed E-state index contributed by atoms with van der Waals surface area (Å²) in [6, 6.07) is 5.07. The lowest BCUT2D eigenvalue weighted by atomic mass is 10.0. The zero-order chi connectivity index (χ0) is 11.7. The molecule has 1 aliphatic rings. The van der Waals surface area contributed by atoms with Gasteiger partial charge in [-0.15, -0.1) is 0 Å². The molecule has 16 heavy (non-hydrogen) atoms. The summed E-state index contributed by atoms with van der Waals surface area (Å²) in [7, 11) is 0. The number of nitrogens with zero attached hydrogens (tertiary/aromatic N) is 2. The number of urea groups is 1. The molecule has 0 spiro atoms. The molecule has 0 radical (unpaired) electrons. The van der Waals surface area contributed by atoms with Crippen LogP contribution in [0.15, 0.2) is 23.3 Å². The van der Waals surface area contributed by atoms with Crippen molar-refractivity contribution < 1.29 is 4.79 Å². The first-order chi connectivity index (χ1) is 7.63. The topological polar surface area (TPSA) is 44.7 Å². The Labute approximate surface area is 98.9 Å². The van der Waals surface area contributed by atoms with E-state index in [9.17, 15) is 4.79 Å². The predicted molar refractivity (Wildman–Crippen MR) is 64.9 cm³/mol. The van der Waals surface area contributed by atoms with Crippen LogP contribution in [0.25, 0.3) is 0 Å². The molecule has 5 heteroatoms. The highest BCUT2D eigenvalue weighted by molar-refractivity contribution is 6.30. The van der Waals surface area contributed by atoms with Crippen molar-refractivity contribution in [3.05, 3.63) is 28.8 Å². The van der Waals surface area contributed by atoms with Crippen molar-refractivity contribution in [3.63, 3.8) is 0 Å². The van der Waals surface area contributed by atoms with Crippen LogP contribution in [0.4, 0.5) is 10.5 Å². The number of hydrazone groups is 1. The zero-order valence-electron chi connectivity index (χ0n) is 9.07. The Kier molecular flexibility index (Phi) is 2.83. The van der Waals surface area contributed by atoms with Gasteiger partial charge < -0.3 is 5.32 Å². The van der Waals surface area contributed by atoms with E-state index >= 15 is 0 Å². The number of carbonyl (C=O) groups excluding carboxylic acids is 1. The Bertz CT molecular complexity index is 459. The summed E-state index contributed by atoms with van der Waals surface area (Å²) in [6.07, 6.45) is 1.59. The minimum absolute atomic E-state index is 0.112. The molecule has 0 saturated carbocycles. The second-order valence-electron chi connectivity index (χ2n) is 3.56. The minimum atomic E-state index is -0.222. The van der Waals surface area contributed by atoms with Gasteiger partial charge in [-0.05, 0) is 32.0 Å². The maximum Gasteiger partial charge on any atom is 0.342 e. The van der Waals surface area contributed by atoms with Gasteiger partial charge in [-0.25, -0.2) is 9.80 Å². The third-order valence-corrected chi connectivity index (χ3v) is 2.76. The van der Waals surface area contributed by atoms with Gasteiger partial charge >= 0.3 is 6.03 Å². The molecule has 4 nitrogen and oxygen atoms in total. The third kappa shape index (κ3) is 1.76. The highest BCUT2D eigenvalue weighted by atomic mass is 35.5. The summed E-state index contributed by atoms with van der Waals surface area (Å²) >= 11 is 5.93. The number of rotatable bonds is 1. The predicted octanol–water partition coefficient (Wildman–Crippen LogP) is 3.25. The van der Waals surface area contributed by atoms with Gasteiger partial charge in [0.25, 0.3) is 0 Å². The molecule has 1 heterocycles. The highest BCUT2D eigenvalue weighted by Gasteiger charge is 2.28. The van der Waals surface area contributed by atoms with Gasteiger partial charge in [0.05, 0.1) is 6.04 Å². The Hall–Kier alpha value is -1.55. The molecular weight excluding hydrogens is 226 g/mol. The number of carbonyl (C=O) groups is 1. The SMILES string of the molecule is C/C=N\N1C(=O)Nc2ccc(Cl)cc2C1C. The van der Waals surface area contributed by atoms with Crippen LogP contribution in [0.2, 0.25) is 5.02 Å². The Morgan fingerprint density at radius 1 is 1.56 bits per heavy atom. The number of nitrogens with one attached hydrogen (secondary N) is 1. The number of amides is 2. The molecule has 1 aliphatic heterocycles. The van der Waals surface area contributed by atoms with E-state index < -0.39 is 0 Å². The lowest BCUT2D eigenvalue weighted by molar-refractivity contribution is 0.193. The molecule has 0 saturated heterocycles. The van der Waals surface area contributed by atoms with Gasteiger partial charge in [0.15, 0.2) is 0 Å². The molecule has 1 unspecified atom stereocenters. The van der Waals surface area contributed by atoms with Gasteiger partial charge in [0.1, 0.15) is 0 Å². The first kappa shape index (κ1) is 11.0. The van der Waals surface area contributed by atoms with E-state index in [1.807, 2.05) is 13.0 Å². The van der Waals surface area contributed by atoms with Gasteiger partial charge in [-0.3, -0.25) is 0 Å². The Balaban J connectivity index is 2.46. The summed E-state index contributed by atoms with van der Waals surface area (Å²) < 4.78 is 0. The van der Waals surface area contributed by atoms with Crippen LogP contribution in [0.5, 0.6) is 0 Å². The second kappa shape index (κ2) is 4.14. The average molecular weight is 238 g/mol. The van der Waals surface area contributed by atoms with Crippen LogP contribution in [0.1, 0.15) is 25.5 Å². The number of benzene rings is 1. The minimum Gasteiger partial charge on any atom is -0.306 e. The van der Waals surface area contributed by atoms with E-state index in [1.54, 1.807) is 25.3 Å². The van der Waals surface area contributed by atoms with E-state index in [1.165, 1.54) is 5.01 Å². The standard InChI is InChI=1S/C11H12ClN3O/c1-3-13-15-7(2)9-6-8(12)4-5-10(9)14-11(15)16/h3-7H,1-2H3,(H,14,16)/b13-3-. The van der Waals surface area contributed by atoms with Crippen LogP contribution >= 0.6 is 11.6 Å². The summed E-state index contributed by atoms with van der Waals surface area (Å²) in [5, 5.41) is 8.85. The summed E-state index contributed by atoms with van der Waals surface area (Å²) in [5.74, 6) is 0. The molecular formula is C11H12ClN3O. The summed E-state index contributed by atoms with van der Waals surface area (Å²) in [5.41, 5.74) is 1.77. The van der Waals surface area contributed by atoms with Crippen LogP contribution in [-0.4, -0.2) is 17.3 Å². The fraction of sp³-hybridized carbons (Fsp3) is 0.273. The van der Waals surface area contributed by atoms with Crippen LogP contribution in [-0.2, 0) is 0 Å². The number of fused-ring (bicyclic) bond motifs is 1. The highest BCUT2D eigenvalue weighted by Crippen LogP contribution is 2.34. The molecule has 0 fully saturated rings. The molecule has 1 N–H and O–H groups in total. The average Bonchev–Trinajstić information content (AvgIpc) is 2.26. The molecule has 1 atom stereocenters. The van der Waals surface area contributed by atoms with Crippen molar-refractivity contribution in [2.45, 2.75) is 19.9 Å². The lowest BCUT2D eigenvalue weighted by Gasteiger charge is -2.31. The Morgan fingerprint density at radius 3 is 3.00 bits per heavy atom. The number of hydrogen-bond acceptors (Lipinski definition) is 2. The maximum atomic E-state index is 11.7. The normalized spacial score (nSPS) is 19.8. The van der Waals surface area contributed by atoms with Gasteiger partial charge in [-0.1, -0.05) is 11.6 Å². The largest absolute Gasteiger partial charge is 0.342 e. The second-order valence-corrected chi connectivity index (χ2v) is 3.99. The van der Waals surface area contributed by atoms with E-state index in [0.717, 1.165) is 11.3 Å². The zero-order valence-corrected chi connectivity index (χ0v) is 9.82. The Morgan fingerprint density at radius 2 is 2.31 bits per heavy atom. The van der Waals surface area contributed by atoms with E-state index in [0.29, 0.717) is 5.02 Å². The van der Waals surface area contributed by atoms with Crippen molar-refractivity contribution in [3.8, 4) is 0 Å². The van der Waals surface area contributed by atoms with E-state index in [-0.39, 0.29) is 12.1 Å². The van der Waals surface area contributed by atoms with Gasteiger partial charge in [-0.2, -0.15) is 5.10 Å². The third-order valence-electron chi connectivity index (χ3n) is 2.52.